The van der Waals surface area contributed by atoms with Crippen molar-refractivity contribution in [2.24, 2.45) is 5.41 Å². The third-order valence-electron chi connectivity index (χ3n) is 4.32. The molecule has 1 fully saturated rings. The van der Waals surface area contributed by atoms with E-state index in [1.807, 2.05) is 24.4 Å². The third kappa shape index (κ3) is 4.56. The van der Waals surface area contributed by atoms with Crippen LogP contribution >= 0.6 is 11.3 Å². The Kier molecular flexibility index (Phi) is 5.39. The van der Waals surface area contributed by atoms with Gasteiger partial charge in [0, 0.05) is 11.3 Å². The van der Waals surface area contributed by atoms with Crippen molar-refractivity contribution >= 4 is 23.2 Å². The van der Waals surface area contributed by atoms with Crippen LogP contribution in [0.2, 0.25) is 0 Å². The van der Waals surface area contributed by atoms with Crippen LogP contribution in [0, 0.1) is 5.41 Å². The summed E-state index contributed by atoms with van der Waals surface area (Å²) >= 11 is 1.62. The molecule has 0 aliphatic heterocycles. The number of rotatable bonds is 6. The van der Waals surface area contributed by atoms with Crippen molar-refractivity contribution in [1.82, 2.24) is 5.32 Å². The van der Waals surface area contributed by atoms with Gasteiger partial charge in [0.25, 0.3) is 0 Å². The molecule has 116 valence electrons. The van der Waals surface area contributed by atoms with Gasteiger partial charge in [0.05, 0.1) is 12.5 Å². The summed E-state index contributed by atoms with van der Waals surface area (Å²) < 4.78 is 0. The number of carboxylic acid groups (broad SMARTS) is 1. The van der Waals surface area contributed by atoms with E-state index in [1.54, 1.807) is 11.3 Å². The number of carboxylic acids is 1. The Hall–Kier alpha value is -1.36. The fourth-order valence-electron chi connectivity index (χ4n) is 3.28. The number of nitrogens with one attached hydrogen (secondary N) is 1. The predicted octanol–water partition coefficient (Wildman–Crippen LogP) is 3.74. The standard InChI is InChI=1S/C16H23NO3S/c1-12(13-6-5-9-21-13)17-14(18)10-16(11-15(19)20)7-3-2-4-8-16/h5-6,9,12H,2-4,7-8,10-11H2,1H3,(H,17,18)(H,19,20)/t12-/m0/s1. The van der Waals surface area contributed by atoms with E-state index in [0.29, 0.717) is 6.42 Å². The summed E-state index contributed by atoms with van der Waals surface area (Å²) in [6.45, 7) is 1.97. The molecule has 1 amide bonds. The molecule has 5 heteroatoms. The first-order valence-electron chi connectivity index (χ1n) is 7.55. The number of thiophene rings is 1. The highest BCUT2D eigenvalue weighted by Gasteiger charge is 2.36. The molecule has 0 aromatic carbocycles. The van der Waals surface area contributed by atoms with Gasteiger partial charge in [0.2, 0.25) is 5.91 Å². The first-order chi connectivity index (χ1) is 10.0. The second-order valence-corrected chi connectivity index (χ2v) is 7.09. The van der Waals surface area contributed by atoms with Crippen LogP contribution in [0.3, 0.4) is 0 Å². The van der Waals surface area contributed by atoms with E-state index in [9.17, 15) is 9.59 Å². The second-order valence-electron chi connectivity index (χ2n) is 6.11. The van der Waals surface area contributed by atoms with E-state index in [0.717, 1.165) is 37.0 Å². The smallest absolute Gasteiger partial charge is 0.303 e. The highest BCUT2D eigenvalue weighted by atomic mass is 32.1. The van der Waals surface area contributed by atoms with Crippen molar-refractivity contribution in [3.05, 3.63) is 22.4 Å². The van der Waals surface area contributed by atoms with Crippen LogP contribution in [0.5, 0.6) is 0 Å². The molecule has 1 saturated carbocycles. The molecular weight excluding hydrogens is 286 g/mol. The predicted molar refractivity (Wildman–Crippen MR) is 83.3 cm³/mol. The van der Waals surface area contributed by atoms with Gasteiger partial charge in [-0.25, -0.2) is 0 Å². The van der Waals surface area contributed by atoms with Gasteiger partial charge in [0.15, 0.2) is 0 Å². The van der Waals surface area contributed by atoms with Gasteiger partial charge in [0.1, 0.15) is 0 Å². The molecule has 0 radical (unpaired) electrons. The summed E-state index contributed by atoms with van der Waals surface area (Å²) in [4.78, 5) is 24.6. The molecule has 0 unspecified atom stereocenters. The van der Waals surface area contributed by atoms with Crippen molar-refractivity contribution in [3.8, 4) is 0 Å². The summed E-state index contributed by atoms with van der Waals surface area (Å²) in [6, 6.07) is 3.96. The van der Waals surface area contributed by atoms with Crippen LogP contribution in [-0.4, -0.2) is 17.0 Å². The minimum atomic E-state index is -0.795. The van der Waals surface area contributed by atoms with E-state index < -0.39 is 5.97 Å². The van der Waals surface area contributed by atoms with E-state index >= 15 is 0 Å². The van der Waals surface area contributed by atoms with Crippen molar-refractivity contribution < 1.29 is 14.7 Å². The number of carbonyl (C=O) groups is 2. The van der Waals surface area contributed by atoms with Gasteiger partial charge in [-0.3, -0.25) is 9.59 Å². The van der Waals surface area contributed by atoms with Crippen molar-refractivity contribution in [2.75, 3.05) is 0 Å². The van der Waals surface area contributed by atoms with Crippen LogP contribution in [-0.2, 0) is 9.59 Å². The number of amides is 1. The number of carbonyl (C=O) groups excluding carboxylic acids is 1. The van der Waals surface area contributed by atoms with Gasteiger partial charge in [-0.05, 0) is 36.6 Å². The third-order valence-corrected chi connectivity index (χ3v) is 5.38. The quantitative estimate of drug-likeness (QED) is 0.841. The topological polar surface area (TPSA) is 66.4 Å². The zero-order chi connectivity index (χ0) is 15.3. The van der Waals surface area contributed by atoms with Crippen LogP contribution in [0.4, 0.5) is 0 Å². The van der Waals surface area contributed by atoms with Crippen molar-refractivity contribution in [1.29, 1.82) is 0 Å². The number of aliphatic carboxylic acids is 1. The summed E-state index contributed by atoms with van der Waals surface area (Å²) in [5, 5.41) is 14.1. The van der Waals surface area contributed by atoms with E-state index in [4.69, 9.17) is 5.11 Å². The maximum atomic E-state index is 12.3. The lowest BCUT2D eigenvalue weighted by Gasteiger charge is -2.35. The van der Waals surface area contributed by atoms with Crippen molar-refractivity contribution in [2.45, 2.75) is 57.9 Å². The Morgan fingerprint density at radius 2 is 2.05 bits per heavy atom. The average molecular weight is 309 g/mol. The van der Waals surface area contributed by atoms with E-state index in [1.165, 1.54) is 0 Å². The molecule has 0 saturated heterocycles. The lowest BCUT2D eigenvalue weighted by Crippen LogP contribution is -2.36. The molecule has 4 nitrogen and oxygen atoms in total. The van der Waals surface area contributed by atoms with Crippen LogP contribution in [0.25, 0.3) is 0 Å². The number of hydrogen-bond acceptors (Lipinski definition) is 3. The van der Waals surface area contributed by atoms with Gasteiger partial charge in [-0.1, -0.05) is 25.3 Å². The Labute approximate surface area is 129 Å². The molecule has 2 N–H and O–H groups in total. The molecule has 0 bridgehead atoms. The maximum absolute atomic E-state index is 12.3. The molecule has 1 aliphatic carbocycles. The first kappa shape index (κ1) is 16.0. The first-order valence-corrected chi connectivity index (χ1v) is 8.43. The summed E-state index contributed by atoms with van der Waals surface area (Å²) in [6.07, 6.45) is 5.33. The summed E-state index contributed by atoms with van der Waals surface area (Å²) in [5.41, 5.74) is -0.344. The molecule has 0 spiro atoms. The lowest BCUT2D eigenvalue weighted by molar-refractivity contribution is -0.141. The summed E-state index contributed by atoms with van der Waals surface area (Å²) in [5.74, 6) is -0.824. The fourth-order valence-corrected chi connectivity index (χ4v) is 4.01. The molecule has 1 aliphatic rings. The van der Waals surface area contributed by atoms with Gasteiger partial charge in [-0.2, -0.15) is 0 Å². The monoisotopic (exact) mass is 309 g/mol. The lowest BCUT2D eigenvalue weighted by atomic mass is 9.69. The van der Waals surface area contributed by atoms with Crippen LogP contribution in [0.1, 0.15) is 62.8 Å². The van der Waals surface area contributed by atoms with Crippen LogP contribution < -0.4 is 5.32 Å². The van der Waals surface area contributed by atoms with E-state index in [2.05, 4.69) is 5.32 Å². The van der Waals surface area contributed by atoms with Gasteiger partial charge < -0.3 is 10.4 Å². The molecule has 1 atom stereocenters. The van der Waals surface area contributed by atoms with Crippen molar-refractivity contribution in [3.63, 3.8) is 0 Å². The fraction of sp³-hybridized carbons (Fsp3) is 0.625. The van der Waals surface area contributed by atoms with E-state index in [-0.39, 0.29) is 23.8 Å². The molecule has 1 aromatic heterocycles. The van der Waals surface area contributed by atoms with Gasteiger partial charge in [-0.15, -0.1) is 11.3 Å². The van der Waals surface area contributed by atoms with Gasteiger partial charge >= 0.3 is 5.97 Å². The largest absolute Gasteiger partial charge is 0.481 e. The summed E-state index contributed by atoms with van der Waals surface area (Å²) in [7, 11) is 0. The molecule has 2 rings (SSSR count). The average Bonchev–Trinajstić information content (AvgIpc) is 2.92. The zero-order valence-electron chi connectivity index (χ0n) is 12.4. The Morgan fingerprint density at radius 3 is 2.62 bits per heavy atom. The maximum Gasteiger partial charge on any atom is 0.303 e. The Balaban J connectivity index is 1.96. The molecular formula is C16H23NO3S. The van der Waals surface area contributed by atoms with Crippen LogP contribution in [0.15, 0.2) is 17.5 Å². The second kappa shape index (κ2) is 7.07. The molecule has 1 heterocycles. The Bertz CT molecular complexity index is 478. The number of hydrogen-bond donors (Lipinski definition) is 2. The molecule has 21 heavy (non-hydrogen) atoms. The normalized spacial score (nSPS) is 18.9. The zero-order valence-corrected chi connectivity index (χ0v) is 13.2. The minimum absolute atomic E-state index is 0.0111. The highest BCUT2D eigenvalue weighted by Crippen LogP contribution is 2.42. The molecule has 1 aromatic rings. The Morgan fingerprint density at radius 1 is 1.33 bits per heavy atom. The highest BCUT2D eigenvalue weighted by molar-refractivity contribution is 7.10. The SMILES string of the molecule is C[C@H](NC(=O)CC1(CC(=O)O)CCCCC1)c1cccs1. The minimum Gasteiger partial charge on any atom is -0.481 e.